The van der Waals surface area contributed by atoms with E-state index in [2.05, 4.69) is 5.32 Å². The average molecular weight is 309 g/mol. The molecule has 114 valence electrons. The molecule has 0 spiro atoms. The number of carboxylic acid groups (broad SMARTS) is 1. The highest BCUT2D eigenvalue weighted by Crippen LogP contribution is 2.27. The molecule has 5 nitrogen and oxygen atoms in total. The van der Waals surface area contributed by atoms with Gasteiger partial charge in [0.05, 0.1) is 5.92 Å². The fourth-order valence-corrected chi connectivity index (χ4v) is 2.79. The molecule has 6 heteroatoms. The number of hydrogen-bond acceptors (Lipinski definition) is 4. The van der Waals surface area contributed by atoms with Crippen LogP contribution in [0.25, 0.3) is 0 Å². The van der Waals surface area contributed by atoms with Crippen molar-refractivity contribution >= 4 is 28.8 Å². The van der Waals surface area contributed by atoms with Gasteiger partial charge in [-0.05, 0) is 11.5 Å². The van der Waals surface area contributed by atoms with E-state index in [1.165, 1.54) is 6.92 Å². The van der Waals surface area contributed by atoms with Crippen LogP contribution in [0.3, 0.4) is 0 Å². The van der Waals surface area contributed by atoms with Gasteiger partial charge in [-0.3, -0.25) is 14.4 Å². The number of amides is 1. The third-order valence-corrected chi connectivity index (χ3v) is 4.08. The fraction of sp³-hybridized carbons (Fsp3) is 0.400. The predicted molar refractivity (Wildman–Crippen MR) is 82.1 cm³/mol. The van der Waals surface area contributed by atoms with Crippen molar-refractivity contribution in [3.63, 3.8) is 0 Å². The molecule has 1 amide bonds. The van der Waals surface area contributed by atoms with Crippen molar-refractivity contribution in [2.45, 2.75) is 19.8 Å². The van der Waals surface area contributed by atoms with Gasteiger partial charge in [0.2, 0.25) is 5.91 Å². The Morgan fingerprint density at radius 1 is 1.24 bits per heavy atom. The molecule has 0 bridgehead atoms. The van der Waals surface area contributed by atoms with Crippen LogP contribution in [-0.2, 0) is 14.4 Å². The topological polar surface area (TPSA) is 83.5 Å². The summed E-state index contributed by atoms with van der Waals surface area (Å²) in [7, 11) is 0. The second-order valence-corrected chi connectivity index (χ2v) is 5.92. The van der Waals surface area contributed by atoms with Crippen LogP contribution in [0, 0.1) is 5.92 Å². The minimum Gasteiger partial charge on any atom is -0.480 e. The van der Waals surface area contributed by atoms with Crippen LogP contribution in [0.5, 0.6) is 0 Å². The second-order valence-electron chi connectivity index (χ2n) is 4.72. The molecule has 0 aromatic heterocycles. The Bertz CT molecular complexity index is 504. The Kier molecular flexibility index (Phi) is 6.94. The van der Waals surface area contributed by atoms with E-state index < -0.39 is 18.4 Å². The van der Waals surface area contributed by atoms with Gasteiger partial charge >= 0.3 is 5.97 Å². The Labute approximate surface area is 128 Å². The van der Waals surface area contributed by atoms with E-state index in [9.17, 15) is 14.4 Å². The van der Waals surface area contributed by atoms with Crippen molar-refractivity contribution in [2.24, 2.45) is 5.92 Å². The smallest absolute Gasteiger partial charge is 0.322 e. The first-order valence-corrected chi connectivity index (χ1v) is 7.58. The van der Waals surface area contributed by atoms with Crippen molar-refractivity contribution in [1.82, 2.24) is 5.32 Å². The lowest BCUT2D eigenvalue weighted by molar-refractivity contribution is -0.138. The highest BCUT2D eigenvalue weighted by Gasteiger charge is 2.27. The molecule has 1 aromatic carbocycles. The third kappa shape index (κ3) is 5.99. The Morgan fingerprint density at radius 3 is 2.38 bits per heavy atom. The molecule has 0 radical (unpaired) electrons. The molecule has 1 aromatic rings. The molecular weight excluding hydrogens is 290 g/mol. The van der Waals surface area contributed by atoms with Gasteiger partial charge in [-0.15, -0.1) is 0 Å². The van der Waals surface area contributed by atoms with Crippen LogP contribution in [0.15, 0.2) is 30.3 Å². The molecule has 21 heavy (non-hydrogen) atoms. The molecule has 0 aliphatic carbocycles. The first-order valence-electron chi connectivity index (χ1n) is 6.59. The van der Waals surface area contributed by atoms with Crippen molar-refractivity contribution in [3.05, 3.63) is 35.9 Å². The maximum atomic E-state index is 12.2. The molecule has 1 rings (SSSR count). The van der Waals surface area contributed by atoms with Crippen LogP contribution in [0.1, 0.15) is 25.3 Å². The van der Waals surface area contributed by atoms with Crippen LogP contribution in [0.4, 0.5) is 0 Å². The first kappa shape index (κ1) is 17.2. The summed E-state index contributed by atoms with van der Waals surface area (Å²) in [5.41, 5.74) is 0.983. The van der Waals surface area contributed by atoms with Gasteiger partial charge in [-0.2, -0.15) is 0 Å². The zero-order valence-corrected chi connectivity index (χ0v) is 12.9. The number of carbonyl (C=O) groups is 3. The van der Waals surface area contributed by atoms with Gasteiger partial charge in [0.1, 0.15) is 6.54 Å². The molecule has 2 N–H and O–H groups in total. The minimum absolute atomic E-state index is 0.0636. The Morgan fingerprint density at radius 2 is 1.86 bits per heavy atom. The monoisotopic (exact) mass is 309 g/mol. The molecule has 0 fully saturated rings. The Hall–Kier alpha value is -1.82. The van der Waals surface area contributed by atoms with E-state index in [0.717, 1.165) is 17.3 Å². The number of thioether (sulfide) groups is 1. The molecule has 0 saturated heterocycles. The summed E-state index contributed by atoms with van der Waals surface area (Å²) in [4.78, 5) is 33.9. The summed E-state index contributed by atoms with van der Waals surface area (Å²) in [5.74, 6) is -1.67. The second kappa shape index (κ2) is 8.46. The van der Waals surface area contributed by atoms with Gasteiger partial charge < -0.3 is 10.4 Å². The summed E-state index contributed by atoms with van der Waals surface area (Å²) in [5, 5.41) is 11.0. The van der Waals surface area contributed by atoms with E-state index in [1.807, 2.05) is 37.3 Å². The SMILES string of the molecule is CC(=O)SCC(C(=O)NCC(=O)O)C(C)c1ccccc1. The van der Waals surface area contributed by atoms with Gasteiger partial charge in [-0.1, -0.05) is 49.0 Å². The van der Waals surface area contributed by atoms with Gasteiger partial charge in [0.15, 0.2) is 5.12 Å². The largest absolute Gasteiger partial charge is 0.480 e. The quantitative estimate of drug-likeness (QED) is 0.803. The lowest BCUT2D eigenvalue weighted by Gasteiger charge is -2.22. The number of carboxylic acids is 1. The number of carbonyl (C=O) groups excluding carboxylic acids is 2. The zero-order valence-electron chi connectivity index (χ0n) is 12.0. The van der Waals surface area contributed by atoms with Crippen molar-refractivity contribution < 1.29 is 19.5 Å². The summed E-state index contributed by atoms with van der Waals surface area (Å²) in [6.45, 7) is 2.94. The summed E-state index contributed by atoms with van der Waals surface area (Å²) >= 11 is 1.08. The van der Waals surface area contributed by atoms with Crippen LogP contribution >= 0.6 is 11.8 Å². The lowest BCUT2D eigenvalue weighted by Crippen LogP contribution is -2.38. The standard InChI is InChI=1S/C15H19NO4S/c1-10(12-6-4-3-5-7-12)13(9-21-11(2)17)15(20)16-8-14(18)19/h3-7,10,13H,8-9H2,1-2H3,(H,16,20)(H,18,19). The number of hydrogen-bond donors (Lipinski definition) is 2. The van der Waals surface area contributed by atoms with E-state index in [4.69, 9.17) is 5.11 Å². The normalized spacial score (nSPS) is 13.2. The molecule has 0 aliphatic heterocycles. The van der Waals surface area contributed by atoms with Crippen molar-refractivity contribution in [2.75, 3.05) is 12.3 Å². The average Bonchev–Trinajstić information content (AvgIpc) is 2.45. The molecule has 0 saturated carbocycles. The van der Waals surface area contributed by atoms with Crippen molar-refractivity contribution in [3.8, 4) is 0 Å². The highest BCUT2D eigenvalue weighted by atomic mass is 32.2. The zero-order chi connectivity index (χ0) is 15.8. The van der Waals surface area contributed by atoms with E-state index in [1.54, 1.807) is 0 Å². The highest BCUT2D eigenvalue weighted by molar-refractivity contribution is 8.13. The van der Waals surface area contributed by atoms with Crippen LogP contribution < -0.4 is 5.32 Å². The number of nitrogens with one attached hydrogen (secondary N) is 1. The van der Waals surface area contributed by atoms with E-state index in [0.29, 0.717) is 5.75 Å². The van der Waals surface area contributed by atoms with Gasteiger partial charge in [0, 0.05) is 12.7 Å². The van der Waals surface area contributed by atoms with Crippen molar-refractivity contribution in [1.29, 1.82) is 0 Å². The minimum atomic E-state index is -1.09. The number of rotatable bonds is 7. The fourth-order valence-electron chi connectivity index (χ4n) is 1.94. The maximum absolute atomic E-state index is 12.2. The molecule has 2 atom stereocenters. The molecule has 0 aliphatic rings. The summed E-state index contributed by atoms with van der Waals surface area (Å²) in [6.07, 6.45) is 0. The van der Waals surface area contributed by atoms with Crippen LogP contribution in [-0.4, -0.2) is 34.4 Å². The molecule has 0 heterocycles. The van der Waals surface area contributed by atoms with E-state index >= 15 is 0 Å². The lowest BCUT2D eigenvalue weighted by atomic mass is 9.88. The molecular formula is C15H19NO4S. The third-order valence-electron chi connectivity index (χ3n) is 3.15. The van der Waals surface area contributed by atoms with E-state index in [-0.39, 0.29) is 16.9 Å². The summed E-state index contributed by atoms with van der Waals surface area (Å²) < 4.78 is 0. The van der Waals surface area contributed by atoms with Crippen LogP contribution in [0.2, 0.25) is 0 Å². The Balaban J connectivity index is 2.82. The molecule has 2 unspecified atom stereocenters. The predicted octanol–water partition coefficient (Wildman–Crippen LogP) is 1.89. The first-order chi connectivity index (χ1) is 9.91. The summed E-state index contributed by atoms with van der Waals surface area (Å²) in [6, 6.07) is 9.49. The number of aliphatic carboxylic acids is 1. The van der Waals surface area contributed by atoms with Gasteiger partial charge in [0.25, 0.3) is 0 Å². The maximum Gasteiger partial charge on any atom is 0.322 e. The number of benzene rings is 1. The van der Waals surface area contributed by atoms with Gasteiger partial charge in [-0.25, -0.2) is 0 Å².